The van der Waals surface area contributed by atoms with Crippen molar-refractivity contribution in [1.29, 1.82) is 0 Å². The molecule has 0 amide bonds. The fourth-order valence-corrected chi connectivity index (χ4v) is 3.33. The number of benzene rings is 2. The standard InChI is InChI=1S/C20H20N4O/c1-13(2)24-12-21-23-20(24)15-6-3-7-16(11-15)22-17-8-4-5-14-9-10-18(25)19(14)17/h3-8,11-13,22H,9-10H2,1-2H3. The molecular weight excluding hydrogens is 312 g/mol. The van der Waals surface area contributed by atoms with E-state index in [4.69, 9.17) is 0 Å². The van der Waals surface area contributed by atoms with Crippen molar-refractivity contribution in [1.82, 2.24) is 14.8 Å². The Morgan fingerprint density at radius 3 is 2.80 bits per heavy atom. The van der Waals surface area contributed by atoms with Gasteiger partial charge in [-0.05, 0) is 44.0 Å². The van der Waals surface area contributed by atoms with E-state index >= 15 is 0 Å². The van der Waals surface area contributed by atoms with Crippen LogP contribution in [0.2, 0.25) is 0 Å². The van der Waals surface area contributed by atoms with Gasteiger partial charge >= 0.3 is 0 Å². The Hall–Kier alpha value is -2.95. The second-order valence-electron chi connectivity index (χ2n) is 6.62. The molecule has 2 aromatic carbocycles. The highest BCUT2D eigenvalue weighted by molar-refractivity contribution is 6.05. The highest BCUT2D eigenvalue weighted by atomic mass is 16.1. The SMILES string of the molecule is CC(C)n1cnnc1-c1cccc(Nc2cccc3c2C(=O)CC3)c1. The van der Waals surface area contributed by atoms with Gasteiger partial charge in [0.2, 0.25) is 0 Å². The van der Waals surface area contributed by atoms with Crippen molar-refractivity contribution in [3.05, 3.63) is 59.9 Å². The molecule has 126 valence electrons. The first-order valence-corrected chi connectivity index (χ1v) is 8.55. The third-order valence-corrected chi connectivity index (χ3v) is 4.58. The van der Waals surface area contributed by atoms with Crippen LogP contribution in [-0.4, -0.2) is 20.5 Å². The number of rotatable bonds is 4. The molecule has 0 saturated carbocycles. The average molecular weight is 332 g/mol. The van der Waals surface area contributed by atoms with Crippen molar-refractivity contribution in [3.8, 4) is 11.4 Å². The van der Waals surface area contributed by atoms with E-state index < -0.39 is 0 Å². The number of Topliss-reactive ketones (excluding diaryl/α,β-unsaturated/α-hetero) is 1. The summed E-state index contributed by atoms with van der Waals surface area (Å²) in [4.78, 5) is 12.2. The molecule has 1 N–H and O–H groups in total. The van der Waals surface area contributed by atoms with Gasteiger partial charge in [-0.2, -0.15) is 0 Å². The van der Waals surface area contributed by atoms with Crippen molar-refractivity contribution in [2.75, 3.05) is 5.32 Å². The molecule has 5 nitrogen and oxygen atoms in total. The number of anilines is 2. The van der Waals surface area contributed by atoms with E-state index in [-0.39, 0.29) is 11.8 Å². The zero-order chi connectivity index (χ0) is 17.4. The number of hydrogen-bond acceptors (Lipinski definition) is 4. The largest absolute Gasteiger partial charge is 0.355 e. The molecular formula is C20H20N4O. The summed E-state index contributed by atoms with van der Waals surface area (Å²) in [5, 5.41) is 11.7. The molecule has 1 aliphatic rings. The van der Waals surface area contributed by atoms with Crippen LogP contribution in [0, 0.1) is 0 Å². The molecule has 1 aromatic heterocycles. The van der Waals surface area contributed by atoms with E-state index in [1.165, 1.54) is 0 Å². The molecule has 0 spiro atoms. The zero-order valence-corrected chi connectivity index (χ0v) is 14.4. The van der Waals surface area contributed by atoms with E-state index in [1.807, 2.05) is 47.0 Å². The van der Waals surface area contributed by atoms with E-state index in [1.54, 1.807) is 6.33 Å². The van der Waals surface area contributed by atoms with Gasteiger partial charge in [0.05, 0.1) is 0 Å². The van der Waals surface area contributed by atoms with Crippen LogP contribution in [0.1, 0.15) is 42.2 Å². The van der Waals surface area contributed by atoms with Gasteiger partial charge in [-0.25, -0.2) is 0 Å². The van der Waals surface area contributed by atoms with Crippen LogP contribution >= 0.6 is 0 Å². The number of aryl methyl sites for hydroxylation is 1. The summed E-state index contributed by atoms with van der Waals surface area (Å²) in [6.45, 7) is 4.21. The van der Waals surface area contributed by atoms with Crippen LogP contribution in [0.15, 0.2) is 48.8 Å². The quantitative estimate of drug-likeness (QED) is 0.769. The number of fused-ring (bicyclic) bond motifs is 1. The van der Waals surface area contributed by atoms with Gasteiger partial charge in [0.25, 0.3) is 0 Å². The van der Waals surface area contributed by atoms with E-state index in [0.717, 1.165) is 40.3 Å². The Bertz CT molecular complexity index is 942. The van der Waals surface area contributed by atoms with Crippen molar-refractivity contribution in [2.45, 2.75) is 32.7 Å². The molecule has 0 fully saturated rings. The van der Waals surface area contributed by atoms with Gasteiger partial charge in [-0.15, -0.1) is 10.2 Å². The maximum absolute atomic E-state index is 12.2. The van der Waals surface area contributed by atoms with Gasteiger partial charge in [0, 0.05) is 35.0 Å². The minimum absolute atomic E-state index is 0.216. The normalized spacial score (nSPS) is 13.3. The molecule has 0 bridgehead atoms. The molecule has 5 heteroatoms. The summed E-state index contributed by atoms with van der Waals surface area (Å²) >= 11 is 0. The molecule has 25 heavy (non-hydrogen) atoms. The fourth-order valence-electron chi connectivity index (χ4n) is 3.33. The molecule has 0 saturated heterocycles. The number of carbonyl (C=O) groups is 1. The summed E-state index contributed by atoms with van der Waals surface area (Å²) in [6.07, 6.45) is 3.19. The smallest absolute Gasteiger partial charge is 0.165 e. The number of hydrogen-bond donors (Lipinski definition) is 1. The van der Waals surface area contributed by atoms with Gasteiger partial charge in [0.15, 0.2) is 11.6 Å². The molecule has 0 aliphatic heterocycles. The second-order valence-corrected chi connectivity index (χ2v) is 6.62. The molecule has 0 atom stereocenters. The van der Waals surface area contributed by atoms with E-state index in [2.05, 4.69) is 29.4 Å². The van der Waals surface area contributed by atoms with Gasteiger partial charge in [0.1, 0.15) is 6.33 Å². The Labute approximate surface area is 146 Å². The molecule has 3 aromatic rings. The first kappa shape index (κ1) is 15.6. The number of aromatic nitrogens is 3. The summed E-state index contributed by atoms with van der Waals surface area (Å²) in [6, 6.07) is 14.3. The number of carbonyl (C=O) groups excluding carboxylic acids is 1. The highest BCUT2D eigenvalue weighted by Crippen LogP contribution is 2.32. The average Bonchev–Trinajstić information content (AvgIpc) is 3.23. The predicted molar refractivity (Wildman–Crippen MR) is 98.2 cm³/mol. The Balaban J connectivity index is 1.69. The summed E-state index contributed by atoms with van der Waals surface area (Å²) in [7, 11) is 0. The molecule has 1 heterocycles. The predicted octanol–water partition coefficient (Wildman–Crippen LogP) is 4.40. The van der Waals surface area contributed by atoms with Crippen LogP contribution in [0.5, 0.6) is 0 Å². The van der Waals surface area contributed by atoms with Crippen LogP contribution in [0.25, 0.3) is 11.4 Å². The van der Waals surface area contributed by atoms with Gasteiger partial charge in [-0.3, -0.25) is 4.79 Å². The lowest BCUT2D eigenvalue weighted by Gasteiger charge is -2.13. The monoisotopic (exact) mass is 332 g/mol. The Kier molecular flexibility index (Phi) is 3.84. The van der Waals surface area contributed by atoms with Crippen LogP contribution in [0.4, 0.5) is 11.4 Å². The third kappa shape index (κ3) is 2.82. The van der Waals surface area contributed by atoms with Crippen molar-refractivity contribution < 1.29 is 4.79 Å². The second kappa shape index (κ2) is 6.16. The van der Waals surface area contributed by atoms with Crippen LogP contribution < -0.4 is 5.32 Å². The molecule has 0 unspecified atom stereocenters. The summed E-state index contributed by atoms with van der Waals surface area (Å²) in [5.74, 6) is 1.06. The van der Waals surface area contributed by atoms with Gasteiger partial charge in [-0.1, -0.05) is 24.3 Å². The lowest BCUT2D eigenvalue weighted by molar-refractivity contribution is 0.0995. The van der Waals surface area contributed by atoms with Crippen molar-refractivity contribution in [3.63, 3.8) is 0 Å². The van der Waals surface area contributed by atoms with E-state index in [0.29, 0.717) is 6.42 Å². The Morgan fingerprint density at radius 1 is 1.12 bits per heavy atom. The lowest BCUT2D eigenvalue weighted by Crippen LogP contribution is -2.03. The molecule has 0 radical (unpaired) electrons. The maximum atomic E-state index is 12.2. The first-order valence-electron chi connectivity index (χ1n) is 8.55. The number of nitrogens with one attached hydrogen (secondary N) is 1. The van der Waals surface area contributed by atoms with Crippen LogP contribution in [-0.2, 0) is 6.42 Å². The highest BCUT2D eigenvalue weighted by Gasteiger charge is 2.22. The van der Waals surface area contributed by atoms with Crippen molar-refractivity contribution in [2.24, 2.45) is 0 Å². The van der Waals surface area contributed by atoms with Crippen molar-refractivity contribution >= 4 is 17.2 Å². The summed E-state index contributed by atoms with van der Waals surface area (Å²) < 4.78 is 2.04. The van der Waals surface area contributed by atoms with Gasteiger partial charge < -0.3 is 9.88 Å². The minimum atomic E-state index is 0.216. The summed E-state index contributed by atoms with van der Waals surface area (Å²) in [5.41, 5.74) is 4.77. The molecule has 1 aliphatic carbocycles. The third-order valence-electron chi connectivity index (χ3n) is 4.58. The minimum Gasteiger partial charge on any atom is -0.355 e. The maximum Gasteiger partial charge on any atom is 0.165 e. The van der Waals surface area contributed by atoms with E-state index in [9.17, 15) is 4.79 Å². The fraction of sp³-hybridized carbons (Fsp3) is 0.250. The Morgan fingerprint density at radius 2 is 1.96 bits per heavy atom. The lowest BCUT2D eigenvalue weighted by atomic mass is 10.1. The van der Waals surface area contributed by atoms with Crippen LogP contribution in [0.3, 0.4) is 0 Å². The first-order chi connectivity index (χ1) is 12.1. The number of nitrogens with zero attached hydrogens (tertiary/aromatic N) is 3. The molecule has 4 rings (SSSR count). The zero-order valence-electron chi connectivity index (χ0n) is 14.4. The number of ketones is 1. The topological polar surface area (TPSA) is 59.8 Å².